The molecule has 0 radical (unpaired) electrons. The molecule has 0 atom stereocenters. The fourth-order valence-electron chi connectivity index (χ4n) is 2.10. The van der Waals surface area contributed by atoms with E-state index >= 15 is 0 Å². The number of hydrogen-bond acceptors (Lipinski definition) is 3. The molecule has 3 nitrogen and oxygen atoms in total. The van der Waals surface area contributed by atoms with Crippen molar-refractivity contribution in [2.24, 2.45) is 5.73 Å². The van der Waals surface area contributed by atoms with Crippen LogP contribution in [0.2, 0.25) is 0 Å². The van der Waals surface area contributed by atoms with Crippen LogP contribution in [0, 0.1) is 0 Å². The monoisotopic (exact) mass is 255 g/mol. The molecule has 1 aromatic heterocycles. The molecule has 0 aliphatic heterocycles. The molecule has 0 bridgehead atoms. The molecule has 0 aliphatic carbocycles. The number of rotatable bonds is 6. The summed E-state index contributed by atoms with van der Waals surface area (Å²) < 4.78 is 0. The SMILES string of the molecule is CN(CCc1ccccn1)Cc1cccc(CN)c1. The Morgan fingerprint density at radius 1 is 1.11 bits per heavy atom. The van der Waals surface area contributed by atoms with E-state index in [-0.39, 0.29) is 0 Å². The summed E-state index contributed by atoms with van der Waals surface area (Å²) in [5.74, 6) is 0. The van der Waals surface area contributed by atoms with E-state index in [4.69, 9.17) is 5.73 Å². The van der Waals surface area contributed by atoms with E-state index in [1.54, 1.807) is 0 Å². The van der Waals surface area contributed by atoms with E-state index in [1.165, 1.54) is 11.1 Å². The predicted molar refractivity (Wildman–Crippen MR) is 78.6 cm³/mol. The van der Waals surface area contributed by atoms with Gasteiger partial charge in [0, 0.05) is 37.9 Å². The van der Waals surface area contributed by atoms with E-state index in [2.05, 4.69) is 47.3 Å². The molecule has 0 amide bonds. The molecule has 0 saturated carbocycles. The Labute approximate surface area is 115 Å². The number of nitrogens with zero attached hydrogens (tertiary/aromatic N) is 2. The maximum atomic E-state index is 5.66. The number of aromatic nitrogens is 1. The molecule has 1 aromatic carbocycles. The second kappa shape index (κ2) is 7.02. The van der Waals surface area contributed by atoms with Gasteiger partial charge in [0.05, 0.1) is 0 Å². The van der Waals surface area contributed by atoms with Gasteiger partial charge < -0.3 is 10.6 Å². The summed E-state index contributed by atoms with van der Waals surface area (Å²) in [5, 5.41) is 0. The highest BCUT2D eigenvalue weighted by Crippen LogP contribution is 2.07. The molecule has 1 heterocycles. The van der Waals surface area contributed by atoms with Crippen LogP contribution in [0.15, 0.2) is 48.7 Å². The van der Waals surface area contributed by atoms with Gasteiger partial charge in [0.25, 0.3) is 0 Å². The van der Waals surface area contributed by atoms with Crippen molar-refractivity contribution in [1.82, 2.24) is 9.88 Å². The summed E-state index contributed by atoms with van der Waals surface area (Å²) in [4.78, 5) is 6.65. The first-order chi connectivity index (χ1) is 9.28. The van der Waals surface area contributed by atoms with Gasteiger partial charge in [-0.15, -0.1) is 0 Å². The molecule has 2 N–H and O–H groups in total. The molecule has 2 rings (SSSR count). The van der Waals surface area contributed by atoms with Crippen LogP contribution in [-0.4, -0.2) is 23.5 Å². The summed E-state index contributed by atoms with van der Waals surface area (Å²) >= 11 is 0. The van der Waals surface area contributed by atoms with Gasteiger partial charge >= 0.3 is 0 Å². The van der Waals surface area contributed by atoms with Crippen LogP contribution in [0.25, 0.3) is 0 Å². The second-order valence-electron chi connectivity index (χ2n) is 4.83. The summed E-state index contributed by atoms with van der Waals surface area (Å²) in [6.07, 6.45) is 2.83. The smallest absolute Gasteiger partial charge is 0.0416 e. The van der Waals surface area contributed by atoms with Gasteiger partial charge in [0.1, 0.15) is 0 Å². The minimum Gasteiger partial charge on any atom is -0.326 e. The summed E-state index contributed by atoms with van der Waals surface area (Å²) in [5.41, 5.74) is 9.31. The molecule has 2 aromatic rings. The molecule has 0 spiro atoms. The van der Waals surface area contributed by atoms with Gasteiger partial charge in [0.15, 0.2) is 0 Å². The van der Waals surface area contributed by atoms with Gasteiger partial charge in [0.2, 0.25) is 0 Å². The molecule has 0 aliphatic rings. The van der Waals surface area contributed by atoms with E-state index in [1.807, 2.05) is 18.3 Å². The second-order valence-corrected chi connectivity index (χ2v) is 4.83. The molecule has 3 heteroatoms. The lowest BCUT2D eigenvalue weighted by Gasteiger charge is -2.16. The summed E-state index contributed by atoms with van der Waals surface area (Å²) in [7, 11) is 2.14. The third-order valence-electron chi connectivity index (χ3n) is 3.16. The zero-order chi connectivity index (χ0) is 13.5. The highest BCUT2D eigenvalue weighted by atomic mass is 15.1. The Bertz CT molecular complexity index is 496. The van der Waals surface area contributed by atoms with Gasteiger partial charge in [-0.05, 0) is 30.3 Å². The Morgan fingerprint density at radius 2 is 1.95 bits per heavy atom. The first-order valence-electron chi connectivity index (χ1n) is 6.64. The lowest BCUT2D eigenvalue weighted by atomic mass is 10.1. The first kappa shape index (κ1) is 13.7. The van der Waals surface area contributed by atoms with Crippen molar-refractivity contribution in [3.8, 4) is 0 Å². The normalized spacial score (nSPS) is 10.9. The van der Waals surface area contributed by atoms with Gasteiger partial charge in [-0.1, -0.05) is 30.3 Å². The molecule has 0 fully saturated rings. The number of hydrogen-bond donors (Lipinski definition) is 1. The van der Waals surface area contributed by atoms with Crippen LogP contribution in [0.4, 0.5) is 0 Å². The average Bonchev–Trinajstić information content (AvgIpc) is 2.46. The quantitative estimate of drug-likeness (QED) is 0.860. The zero-order valence-corrected chi connectivity index (χ0v) is 11.4. The van der Waals surface area contributed by atoms with Crippen molar-refractivity contribution in [3.63, 3.8) is 0 Å². The van der Waals surface area contributed by atoms with Crippen molar-refractivity contribution >= 4 is 0 Å². The van der Waals surface area contributed by atoms with E-state index in [9.17, 15) is 0 Å². The Kier molecular flexibility index (Phi) is 5.07. The van der Waals surface area contributed by atoms with Gasteiger partial charge in [-0.2, -0.15) is 0 Å². The zero-order valence-electron chi connectivity index (χ0n) is 11.4. The number of pyridine rings is 1. The Balaban J connectivity index is 1.85. The van der Waals surface area contributed by atoms with Crippen molar-refractivity contribution in [3.05, 3.63) is 65.5 Å². The summed E-state index contributed by atoms with van der Waals surface area (Å²) in [6, 6.07) is 14.5. The Hall–Kier alpha value is -1.71. The lowest BCUT2D eigenvalue weighted by molar-refractivity contribution is 0.330. The topological polar surface area (TPSA) is 42.2 Å². The van der Waals surface area contributed by atoms with Crippen molar-refractivity contribution in [1.29, 1.82) is 0 Å². The van der Waals surface area contributed by atoms with Crippen LogP contribution in [0.1, 0.15) is 16.8 Å². The van der Waals surface area contributed by atoms with Crippen LogP contribution in [0.5, 0.6) is 0 Å². The average molecular weight is 255 g/mol. The largest absolute Gasteiger partial charge is 0.326 e. The predicted octanol–water partition coefficient (Wildman–Crippen LogP) is 2.21. The third-order valence-corrected chi connectivity index (χ3v) is 3.16. The standard InChI is InChI=1S/C16H21N3/c1-19(10-8-16-7-2-3-9-18-16)13-15-6-4-5-14(11-15)12-17/h2-7,9,11H,8,10,12-13,17H2,1H3. The fraction of sp³-hybridized carbons (Fsp3) is 0.312. The van der Waals surface area contributed by atoms with Crippen LogP contribution < -0.4 is 5.73 Å². The molecular formula is C16H21N3. The van der Waals surface area contributed by atoms with Crippen LogP contribution in [0.3, 0.4) is 0 Å². The van der Waals surface area contributed by atoms with Crippen LogP contribution >= 0.6 is 0 Å². The van der Waals surface area contributed by atoms with E-state index < -0.39 is 0 Å². The summed E-state index contributed by atoms with van der Waals surface area (Å²) in [6.45, 7) is 2.55. The minimum absolute atomic E-state index is 0.603. The number of likely N-dealkylation sites (N-methyl/N-ethyl adjacent to an activating group) is 1. The molecule has 19 heavy (non-hydrogen) atoms. The maximum absolute atomic E-state index is 5.66. The fourth-order valence-corrected chi connectivity index (χ4v) is 2.10. The number of benzene rings is 1. The molecular weight excluding hydrogens is 234 g/mol. The molecule has 100 valence electrons. The lowest BCUT2D eigenvalue weighted by Crippen LogP contribution is -2.21. The molecule has 0 saturated heterocycles. The molecule has 0 unspecified atom stereocenters. The highest BCUT2D eigenvalue weighted by Gasteiger charge is 2.02. The maximum Gasteiger partial charge on any atom is 0.0416 e. The van der Waals surface area contributed by atoms with Gasteiger partial charge in [-0.25, -0.2) is 0 Å². The van der Waals surface area contributed by atoms with E-state index in [0.29, 0.717) is 6.54 Å². The van der Waals surface area contributed by atoms with E-state index in [0.717, 1.165) is 25.2 Å². The minimum atomic E-state index is 0.603. The third kappa shape index (κ3) is 4.47. The highest BCUT2D eigenvalue weighted by molar-refractivity contribution is 5.23. The van der Waals surface area contributed by atoms with Crippen molar-refractivity contribution in [2.75, 3.05) is 13.6 Å². The Morgan fingerprint density at radius 3 is 2.68 bits per heavy atom. The van der Waals surface area contributed by atoms with Crippen molar-refractivity contribution in [2.45, 2.75) is 19.5 Å². The number of nitrogens with two attached hydrogens (primary N) is 1. The van der Waals surface area contributed by atoms with Crippen molar-refractivity contribution < 1.29 is 0 Å². The first-order valence-corrected chi connectivity index (χ1v) is 6.64. The van der Waals surface area contributed by atoms with Gasteiger partial charge in [-0.3, -0.25) is 4.98 Å². The van der Waals surface area contributed by atoms with Crippen LogP contribution in [-0.2, 0) is 19.5 Å².